The molecule has 116 valence electrons. The molecule has 0 saturated carbocycles. The van der Waals surface area contributed by atoms with Crippen LogP contribution in [0.4, 0.5) is 0 Å². The maximum atomic E-state index is 5.82. The summed E-state index contributed by atoms with van der Waals surface area (Å²) in [5.74, 6) is 7.03. The van der Waals surface area contributed by atoms with E-state index < -0.39 is 7.26 Å². The van der Waals surface area contributed by atoms with Crippen LogP contribution >= 0.6 is 7.26 Å². The van der Waals surface area contributed by atoms with E-state index >= 15 is 0 Å². The highest BCUT2D eigenvalue weighted by atomic mass is 31.2. The molecule has 3 unspecified atom stereocenters. The minimum atomic E-state index is -1.48. The molecular formula is C20H26OP+. The van der Waals surface area contributed by atoms with Gasteiger partial charge in [-0.1, -0.05) is 36.1 Å². The fourth-order valence-corrected chi connectivity index (χ4v) is 8.87. The highest BCUT2D eigenvalue weighted by Crippen LogP contribution is 2.68. The van der Waals surface area contributed by atoms with Crippen LogP contribution in [0.3, 0.4) is 0 Å². The summed E-state index contributed by atoms with van der Waals surface area (Å²) in [6.45, 7) is 0. The van der Waals surface area contributed by atoms with Crippen molar-refractivity contribution in [1.82, 2.24) is 0 Å². The van der Waals surface area contributed by atoms with E-state index in [1.54, 1.807) is 0 Å². The van der Waals surface area contributed by atoms with E-state index in [0.717, 1.165) is 12.8 Å². The van der Waals surface area contributed by atoms with Gasteiger partial charge in [-0.25, -0.2) is 0 Å². The van der Waals surface area contributed by atoms with Crippen molar-refractivity contribution in [2.24, 2.45) is 0 Å². The first-order valence-corrected chi connectivity index (χ1v) is 10.6. The van der Waals surface area contributed by atoms with Crippen LogP contribution in [0.2, 0.25) is 0 Å². The third-order valence-corrected chi connectivity index (χ3v) is 10.1. The van der Waals surface area contributed by atoms with Gasteiger partial charge in [-0.3, -0.25) is 0 Å². The van der Waals surface area contributed by atoms with E-state index in [-0.39, 0.29) is 0 Å². The van der Waals surface area contributed by atoms with Gasteiger partial charge in [-0.05, 0) is 50.3 Å². The van der Waals surface area contributed by atoms with Crippen molar-refractivity contribution in [3.63, 3.8) is 0 Å². The maximum absolute atomic E-state index is 5.82. The lowest BCUT2D eigenvalue weighted by atomic mass is 10.1. The van der Waals surface area contributed by atoms with Gasteiger partial charge < -0.3 is 4.74 Å². The zero-order valence-corrected chi connectivity index (χ0v) is 14.4. The third kappa shape index (κ3) is 3.01. The molecule has 0 amide bonds. The van der Waals surface area contributed by atoms with Crippen molar-refractivity contribution in [1.29, 1.82) is 0 Å². The Morgan fingerprint density at radius 1 is 1.18 bits per heavy atom. The molecule has 1 aromatic carbocycles. The van der Waals surface area contributed by atoms with Gasteiger partial charge >= 0.3 is 0 Å². The van der Waals surface area contributed by atoms with Gasteiger partial charge in [0.2, 0.25) is 0 Å². The summed E-state index contributed by atoms with van der Waals surface area (Å²) in [5, 5.41) is 1.51. The first-order chi connectivity index (χ1) is 10.9. The SMILES string of the molecule is COC[P+](c1ccccc1)(C1C#CCCC1)C1C=CCCC1. The maximum Gasteiger partial charge on any atom is 0.163 e. The average molecular weight is 313 g/mol. The Labute approximate surface area is 135 Å². The van der Waals surface area contributed by atoms with Crippen molar-refractivity contribution in [3.05, 3.63) is 42.5 Å². The summed E-state index contributed by atoms with van der Waals surface area (Å²) in [4.78, 5) is 0. The molecule has 2 aliphatic rings. The number of ether oxygens (including phenoxy) is 1. The number of rotatable bonds is 5. The molecule has 0 bridgehead atoms. The molecule has 0 N–H and O–H groups in total. The molecule has 0 aromatic heterocycles. The van der Waals surface area contributed by atoms with Crippen molar-refractivity contribution < 1.29 is 4.74 Å². The molecule has 0 radical (unpaired) electrons. The Hall–Kier alpha value is -1.09. The molecule has 2 heteroatoms. The first-order valence-electron chi connectivity index (χ1n) is 8.45. The molecule has 22 heavy (non-hydrogen) atoms. The van der Waals surface area contributed by atoms with Gasteiger partial charge in [0.1, 0.15) is 5.66 Å². The lowest BCUT2D eigenvalue weighted by Gasteiger charge is -2.38. The Balaban J connectivity index is 2.10. The molecular weight excluding hydrogens is 287 g/mol. The molecule has 3 rings (SSSR count). The van der Waals surface area contributed by atoms with E-state index in [0.29, 0.717) is 11.3 Å². The van der Waals surface area contributed by atoms with Crippen LogP contribution in [0.1, 0.15) is 38.5 Å². The van der Waals surface area contributed by atoms with E-state index in [4.69, 9.17) is 4.74 Å². The van der Waals surface area contributed by atoms with Crippen LogP contribution < -0.4 is 5.30 Å². The molecule has 3 atom stereocenters. The predicted octanol–water partition coefficient (Wildman–Crippen LogP) is 4.60. The van der Waals surface area contributed by atoms with E-state index in [2.05, 4.69) is 54.3 Å². The van der Waals surface area contributed by atoms with Gasteiger partial charge in [0, 0.05) is 13.5 Å². The van der Waals surface area contributed by atoms with Crippen LogP contribution in [0, 0.1) is 11.8 Å². The average Bonchev–Trinajstić information content (AvgIpc) is 2.62. The van der Waals surface area contributed by atoms with Crippen LogP contribution in [0.15, 0.2) is 42.5 Å². The number of methoxy groups -OCH3 is 1. The van der Waals surface area contributed by atoms with Gasteiger partial charge in [-0.15, -0.1) is 0 Å². The molecule has 0 saturated heterocycles. The molecule has 1 aromatic rings. The minimum Gasteiger partial charge on any atom is -0.349 e. The fraction of sp³-hybridized carbons (Fsp3) is 0.500. The second-order valence-corrected chi connectivity index (χ2v) is 10.3. The summed E-state index contributed by atoms with van der Waals surface area (Å²) >= 11 is 0. The molecule has 0 spiro atoms. The van der Waals surface area contributed by atoms with Gasteiger partial charge in [-0.2, -0.15) is 0 Å². The minimum absolute atomic E-state index is 0.511. The molecule has 0 fully saturated rings. The fourth-order valence-electron chi connectivity index (χ4n) is 3.95. The van der Waals surface area contributed by atoms with E-state index in [1.165, 1.54) is 37.4 Å². The Morgan fingerprint density at radius 3 is 2.68 bits per heavy atom. The Bertz CT molecular complexity index is 568. The van der Waals surface area contributed by atoms with Crippen LogP contribution in [-0.4, -0.2) is 24.8 Å². The summed E-state index contributed by atoms with van der Waals surface area (Å²) in [6.07, 6.45) is 13.1. The van der Waals surface area contributed by atoms with Crippen molar-refractivity contribution in [3.8, 4) is 11.8 Å². The van der Waals surface area contributed by atoms with E-state index in [9.17, 15) is 0 Å². The second-order valence-electron chi connectivity index (χ2n) is 6.34. The molecule has 0 heterocycles. The standard InChI is InChI=1S/C20H26OP/c1-21-17-22(18-11-5-2-6-12-18,19-13-7-3-8-14-19)20-15-9-4-10-16-20/h2,5-7,11-13,19-20H,3-4,8-9,14-15,17H2,1H3/q+1. The van der Waals surface area contributed by atoms with Gasteiger partial charge in [0.25, 0.3) is 0 Å². The number of hydrogen-bond acceptors (Lipinski definition) is 1. The van der Waals surface area contributed by atoms with E-state index in [1.807, 2.05) is 7.11 Å². The number of hydrogen-bond donors (Lipinski definition) is 0. The topological polar surface area (TPSA) is 9.23 Å². The summed E-state index contributed by atoms with van der Waals surface area (Å²) in [5.41, 5.74) is 1.15. The second kappa shape index (κ2) is 7.45. The highest BCUT2D eigenvalue weighted by molar-refractivity contribution is 7.84. The van der Waals surface area contributed by atoms with Crippen LogP contribution in [-0.2, 0) is 4.74 Å². The molecule has 0 aliphatic heterocycles. The zero-order chi connectivity index (χ0) is 15.3. The number of allylic oxidation sites excluding steroid dienone is 2. The van der Waals surface area contributed by atoms with Gasteiger partial charge in [0.15, 0.2) is 6.35 Å². The lowest BCUT2D eigenvalue weighted by Crippen LogP contribution is -2.34. The quantitative estimate of drug-likeness (QED) is 0.438. The first kappa shape index (κ1) is 15.8. The smallest absolute Gasteiger partial charge is 0.163 e. The molecule has 2 aliphatic carbocycles. The summed E-state index contributed by atoms with van der Waals surface area (Å²) in [6, 6.07) is 11.1. The van der Waals surface area contributed by atoms with Crippen LogP contribution in [0.5, 0.6) is 0 Å². The van der Waals surface area contributed by atoms with Gasteiger partial charge in [0.05, 0.1) is 18.2 Å². The largest absolute Gasteiger partial charge is 0.349 e. The Kier molecular flexibility index (Phi) is 5.35. The van der Waals surface area contributed by atoms with Crippen molar-refractivity contribution in [2.45, 2.75) is 49.8 Å². The van der Waals surface area contributed by atoms with Crippen LogP contribution in [0.25, 0.3) is 0 Å². The number of benzene rings is 1. The van der Waals surface area contributed by atoms with Crippen molar-refractivity contribution >= 4 is 12.6 Å². The Morgan fingerprint density at radius 2 is 2.05 bits per heavy atom. The molecule has 1 nitrogen and oxygen atoms in total. The third-order valence-electron chi connectivity index (χ3n) is 5.00. The highest BCUT2D eigenvalue weighted by Gasteiger charge is 2.53. The zero-order valence-electron chi connectivity index (χ0n) is 13.5. The summed E-state index contributed by atoms with van der Waals surface area (Å²) in [7, 11) is 0.380. The normalized spacial score (nSPS) is 26.8. The summed E-state index contributed by atoms with van der Waals surface area (Å²) < 4.78 is 5.82. The predicted molar refractivity (Wildman–Crippen MR) is 97.1 cm³/mol. The van der Waals surface area contributed by atoms with Crippen molar-refractivity contribution in [2.75, 3.05) is 13.5 Å². The lowest BCUT2D eigenvalue weighted by molar-refractivity contribution is 0.252. The monoisotopic (exact) mass is 313 g/mol.